The van der Waals surface area contributed by atoms with Crippen molar-refractivity contribution in [3.05, 3.63) is 53.7 Å². The lowest BCUT2D eigenvalue weighted by Crippen LogP contribution is -2.16. The Balaban J connectivity index is 1.84. The maximum atomic E-state index is 12.3. The Kier molecular flexibility index (Phi) is 3.50. The molecule has 0 aliphatic heterocycles. The highest BCUT2D eigenvalue weighted by molar-refractivity contribution is 6.03. The fourth-order valence-electron chi connectivity index (χ4n) is 2.19. The second-order valence-corrected chi connectivity index (χ2v) is 5.09. The molecule has 0 aliphatic carbocycles. The van der Waals surface area contributed by atoms with E-state index in [2.05, 4.69) is 15.5 Å². The predicted molar refractivity (Wildman–Crippen MR) is 82.6 cm³/mol. The summed E-state index contributed by atoms with van der Waals surface area (Å²) in [6, 6.07) is 11.1. The summed E-state index contributed by atoms with van der Waals surface area (Å²) in [6.45, 7) is 3.69. The molecule has 22 heavy (non-hydrogen) atoms. The lowest BCUT2D eigenvalue weighted by molar-refractivity contribution is 0.101. The van der Waals surface area contributed by atoms with Gasteiger partial charge in [-0.3, -0.25) is 4.79 Å². The summed E-state index contributed by atoms with van der Waals surface area (Å²) in [5.41, 5.74) is 3.11. The zero-order chi connectivity index (χ0) is 15.7. The van der Waals surface area contributed by atoms with E-state index >= 15 is 0 Å². The largest absolute Gasteiger partial charge is 0.344 e. The van der Waals surface area contributed by atoms with Crippen LogP contribution >= 0.6 is 0 Å². The quantitative estimate of drug-likeness (QED) is 0.806. The molecule has 6 nitrogen and oxygen atoms in total. The predicted octanol–water partition coefficient (Wildman–Crippen LogP) is 2.94. The van der Waals surface area contributed by atoms with Gasteiger partial charge in [-0.2, -0.15) is 4.98 Å². The Hall–Kier alpha value is -2.89. The van der Waals surface area contributed by atoms with Gasteiger partial charge in [0.1, 0.15) is 5.69 Å². The van der Waals surface area contributed by atoms with Crippen LogP contribution in [0.5, 0.6) is 0 Å². The number of nitrogens with zero attached hydrogens (tertiary/aromatic N) is 3. The standard InChI is InChI=1S/C16H16N4O2/c1-10-7-8-14(20(10)3)16(21)18-13-6-4-5-12(9-13)15-17-11(2)22-19-15/h4-9H,1-3H3,(H,18,21). The Labute approximate surface area is 127 Å². The van der Waals surface area contributed by atoms with Crippen molar-refractivity contribution in [1.29, 1.82) is 0 Å². The molecule has 1 amide bonds. The van der Waals surface area contributed by atoms with Crippen LogP contribution in [0.4, 0.5) is 5.69 Å². The number of aromatic nitrogens is 3. The third-order valence-electron chi connectivity index (χ3n) is 3.51. The number of rotatable bonds is 3. The normalized spacial score (nSPS) is 10.7. The van der Waals surface area contributed by atoms with Crippen molar-refractivity contribution in [3.63, 3.8) is 0 Å². The molecule has 2 heterocycles. The van der Waals surface area contributed by atoms with Crippen LogP contribution in [0.1, 0.15) is 22.1 Å². The van der Waals surface area contributed by atoms with E-state index in [0.29, 0.717) is 23.1 Å². The van der Waals surface area contributed by atoms with Gasteiger partial charge in [0.05, 0.1) is 0 Å². The maximum absolute atomic E-state index is 12.3. The van der Waals surface area contributed by atoms with Crippen molar-refractivity contribution >= 4 is 11.6 Å². The van der Waals surface area contributed by atoms with Crippen molar-refractivity contribution < 1.29 is 9.32 Å². The van der Waals surface area contributed by atoms with E-state index in [1.54, 1.807) is 13.0 Å². The molecule has 0 saturated carbocycles. The number of amides is 1. The summed E-state index contributed by atoms with van der Waals surface area (Å²) >= 11 is 0. The van der Waals surface area contributed by atoms with E-state index < -0.39 is 0 Å². The summed E-state index contributed by atoms with van der Waals surface area (Å²) in [4.78, 5) is 16.5. The molecule has 0 spiro atoms. The minimum Gasteiger partial charge on any atom is -0.344 e. The smallest absolute Gasteiger partial charge is 0.272 e. The number of aryl methyl sites for hydroxylation is 2. The van der Waals surface area contributed by atoms with Crippen LogP contribution in [-0.2, 0) is 7.05 Å². The van der Waals surface area contributed by atoms with E-state index in [1.165, 1.54) is 0 Å². The van der Waals surface area contributed by atoms with Gasteiger partial charge in [-0.15, -0.1) is 0 Å². The molecule has 6 heteroatoms. The zero-order valence-electron chi connectivity index (χ0n) is 12.6. The lowest BCUT2D eigenvalue weighted by atomic mass is 10.2. The molecule has 0 saturated heterocycles. The number of carbonyl (C=O) groups excluding carboxylic acids is 1. The molecule has 0 bridgehead atoms. The Morgan fingerprint density at radius 2 is 2.05 bits per heavy atom. The second kappa shape index (κ2) is 5.48. The van der Waals surface area contributed by atoms with Gasteiger partial charge in [0, 0.05) is 30.9 Å². The maximum Gasteiger partial charge on any atom is 0.272 e. The number of nitrogens with one attached hydrogen (secondary N) is 1. The molecule has 0 radical (unpaired) electrons. The first-order valence-electron chi connectivity index (χ1n) is 6.89. The highest BCUT2D eigenvalue weighted by atomic mass is 16.5. The molecule has 3 rings (SSSR count). The molecule has 1 aromatic carbocycles. The summed E-state index contributed by atoms with van der Waals surface area (Å²) < 4.78 is 6.82. The van der Waals surface area contributed by atoms with Crippen molar-refractivity contribution in [3.8, 4) is 11.4 Å². The molecule has 112 valence electrons. The van der Waals surface area contributed by atoms with Gasteiger partial charge in [0.15, 0.2) is 0 Å². The Bertz CT molecular complexity index is 832. The Morgan fingerprint density at radius 3 is 2.68 bits per heavy atom. The number of anilines is 1. The molecular weight excluding hydrogens is 280 g/mol. The number of hydrogen-bond acceptors (Lipinski definition) is 4. The van der Waals surface area contributed by atoms with Gasteiger partial charge in [-0.05, 0) is 31.2 Å². The fraction of sp³-hybridized carbons (Fsp3) is 0.188. The van der Waals surface area contributed by atoms with Crippen LogP contribution in [0.2, 0.25) is 0 Å². The molecular formula is C16H16N4O2. The molecule has 3 aromatic rings. The van der Waals surface area contributed by atoms with E-state index in [-0.39, 0.29) is 5.91 Å². The first-order valence-corrected chi connectivity index (χ1v) is 6.89. The van der Waals surface area contributed by atoms with Crippen molar-refractivity contribution in [2.24, 2.45) is 7.05 Å². The minimum absolute atomic E-state index is 0.156. The number of hydrogen-bond donors (Lipinski definition) is 1. The highest BCUT2D eigenvalue weighted by Crippen LogP contribution is 2.20. The van der Waals surface area contributed by atoms with Gasteiger partial charge >= 0.3 is 0 Å². The van der Waals surface area contributed by atoms with Gasteiger partial charge in [0.25, 0.3) is 5.91 Å². The molecule has 1 N–H and O–H groups in total. The molecule has 0 unspecified atom stereocenters. The average Bonchev–Trinajstić information content (AvgIpc) is 3.07. The fourth-order valence-corrected chi connectivity index (χ4v) is 2.19. The van der Waals surface area contributed by atoms with Crippen LogP contribution < -0.4 is 5.32 Å². The third-order valence-corrected chi connectivity index (χ3v) is 3.51. The van der Waals surface area contributed by atoms with Crippen LogP contribution in [0.15, 0.2) is 40.9 Å². The monoisotopic (exact) mass is 296 g/mol. The van der Waals surface area contributed by atoms with Crippen LogP contribution in [0.3, 0.4) is 0 Å². The van der Waals surface area contributed by atoms with Crippen molar-refractivity contribution in [2.75, 3.05) is 5.32 Å². The lowest BCUT2D eigenvalue weighted by Gasteiger charge is -2.08. The van der Waals surface area contributed by atoms with Crippen LogP contribution in [-0.4, -0.2) is 20.6 Å². The van der Waals surface area contributed by atoms with Gasteiger partial charge in [-0.1, -0.05) is 17.3 Å². The van der Waals surface area contributed by atoms with Gasteiger partial charge < -0.3 is 14.4 Å². The SMILES string of the molecule is Cc1nc(-c2cccc(NC(=O)c3ccc(C)n3C)c2)no1. The third kappa shape index (κ3) is 2.63. The van der Waals surface area contributed by atoms with Crippen LogP contribution in [0.25, 0.3) is 11.4 Å². The zero-order valence-corrected chi connectivity index (χ0v) is 12.6. The van der Waals surface area contributed by atoms with Gasteiger partial charge in [-0.25, -0.2) is 0 Å². The highest BCUT2D eigenvalue weighted by Gasteiger charge is 2.12. The van der Waals surface area contributed by atoms with Crippen molar-refractivity contribution in [1.82, 2.24) is 14.7 Å². The first kappa shape index (κ1) is 14.1. The Morgan fingerprint density at radius 1 is 1.23 bits per heavy atom. The molecule has 0 aliphatic rings. The number of benzene rings is 1. The van der Waals surface area contributed by atoms with E-state index in [4.69, 9.17) is 4.52 Å². The molecule has 2 aromatic heterocycles. The second-order valence-electron chi connectivity index (χ2n) is 5.09. The van der Waals surface area contributed by atoms with Crippen LogP contribution in [0, 0.1) is 13.8 Å². The van der Waals surface area contributed by atoms with E-state index in [0.717, 1.165) is 11.3 Å². The summed E-state index contributed by atoms with van der Waals surface area (Å²) in [6.07, 6.45) is 0. The molecule has 0 fully saturated rings. The summed E-state index contributed by atoms with van der Waals surface area (Å²) in [5, 5.41) is 6.76. The average molecular weight is 296 g/mol. The van der Waals surface area contributed by atoms with E-state index in [9.17, 15) is 4.79 Å². The topological polar surface area (TPSA) is 73.0 Å². The molecule has 0 atom stereocenters. The summed E-state index contributed by atoms with van der Waals surface area (Å²) in [7, 11) is 1.86. The summed E-state index contributed by atoms with van der Waals surface area (Å²) in [5.74, 6) is 0.851. The number of carbonyl (C=O) groups is 1. The minimum atomic E-state index is -0.156. The van der Waals surface area contributed by atoms with E-state index in [1.807, 2.05) is 48.9 Å². The van der Waals surface area contributed by atoms with Gasteiger partial charge in [0.2, 0.25) is 11.7 Å². The first-order chi connectivity index (χ1) is 10.5. The van der Waals surface area contributed by atoms with Crippen molar-refractivity contribution in [2.45, 2.75) is 13.8 Å².